The van der Waals surface area contributed by atoms with Gasteiger partial charge in [-0.2, -0.15) is 5.10 Å². The van der Waals surface area contributed by atoms with Crippen LogP contribution >= 0.6 is 0 Å². The average molecular weight is 407 g/mol. The lowest BCUT2D eigenvalue weighted by Gasteiger charge is -2.01. The van der Waals surface area contributed by atoms with E-state index in [2.05, 4.69) is 30.1 Å². The lowest BCUT2D eigenvalue weighted by molar-refractivity contribution is 0.628. The number of halogens is 1. The molecular formula is C23H14FN7. The van der Waals surface area contributed by atoms with Crippen LogP contribution < -0.4 is 0 Å². The minimum Gasteiger partial charge on any atom is -0.335 e. The normalized spacial score (nSPS) is 11.4. The third-order valence-electron chi connectivity index (χ3n) is 5.13. The van der Waals surface area contributed by atoms with Crippen molar-refractivity contribution in [1.82, 2.24) is 35.1 Å². The van der Waals surface area contributed by atoms with E-state index in [1.807, 2.05) is 30.3 Å². The van der Waals surface area contributed by atoms with Crippen LogP contribution in [0.5, 0.6) is 0 Å². The molecule has 0 atom stereocenters. The van der Waals surface area contributed by atoms with Crippen molar-refractivity contribution < 1.29 is 4.39 Å². The summed E-state index contributed by atoms with van der Waals surface area (Å²) in [6.45, 7) is 0. The summed E-state index contributed by atoms with van der Waals surface area (Å²) in [7, 11) is 0. The van der Waals surface area contributed by atoms with Crippen molar-refractivity contribution in [3.05, 3.63) is 79.1 Å². The van der Waals surface area contributed by atoms with Crippen LogP contribution in [0, 0.1) is 5.82 Å². The fourth-order valence-corrected chi connectivity index (χ4v) is 3.66. The number of rotatable bonds is 3. The van der Waals surface area contributed by atoms with Crippen molar-refractivity contribution in [3.8, 4) is 34.0 Å². The van der Waals surface area contributed by atoms with Crippen LogP contribution in [0.1, 0.15) is 0 Å². The van der Waals surface area contributed by atoms with Gasteiger partial charge in [0.1, 0.15) is 11.5 Å². The second kappa shape index (κ2) is 6.81. The predicted molar refractivity (Wildman–Crippen MR) is 115 cm³/mol. The van der Waals surface area contributed by atoms with E-state index >= 15 is 0 Å². The molecule has 0 radical (unpaired) electrons. The Hall–Kier alpha value is -4.46. The molecule has 0 unspecified atom stereocenters. The lowest BCUT2D eigenvalue weighted by atomic mass is 10.1. The molecule has 0 amide bonds. The summed E-state index contributed by atoms with van der Waals surface area (Å²) in [6.07, 6.45) is 6.85. The van der Waals surface area contributed by atoms with Gasteiger partial charge in [0.25, 0.3) is 0 Å². The topological polar surface area (TPSA) is 96.0 Å². The first-order valence-electron chi connectivity index (χ1n) is 9.62. The molecular weight excluding hydrogens is 393 g/mol. The number of H-pyrrole nitrogens is 2. The highest BCUT2D eigenvalue weighted by atomic mass is 19.1. The summed E-state index contributed by atoms with van der Waals surface area (Å²) in [6, 6.07) is 14.0. The lowest BCUT2D eigenvalue weighted by Crippen LogP contribution is -1.87. The average Bonchev–Trinajstić information content (AvgIpc) is 3.43. The maximum absolute atomic E-state index is 13.8. The first kappa shape index (κ1) is 17.4. The van der Waals surface area contributed by atoms with Crippen LogP contribution in [0.2, 0.25) is 0 Å². The van der Waals surface area contributed by atoms with Crippen molar-refractivity contribution in [2.24, 2.45) is 0 Å². The van der Waals surface area contributed by atoms with Gasteiger partial charge in [0, 0.05) is 23.3 Å². The van der Waals surface area contributed by atoms with Gasteiger partial charge in [-0.3, -0.25) is 20.1 Å². The summed E-state index contributed by atoms with van der Waals surface area (Å²) in [5.74, 6) is 0.281. The first-order valence-corrected chi connectivity index (χ1v) is 9.62. The number of pyridine rings is 3. The molecule has 0 aliphatic rings. The number of fused-ring (bicyclic) bond motifs is 2. The summed E-state index contributed by atoms with van der Waals surface area (Å²) in [5, 5.41) is 8.33. The fourth-order valence-electron chi connectivity index (χ4n) is 3.66. The summed E-state index contributed by atoms with van der Waals surface area (Å²) >= 11 is 0. The molecule has 0 aliphatic carbocycles. The van der Waals surface area contributed by atoms with Crippen molar-refractivity contribution in [2.75, 3.05) is 0 Å². The Morgan fingerprint density at radius 2 is 1.81 bits per heavy atom. The van der Waals surface area contributed by atoms with Crippen LogP contribution in [0.4, 0.5) is 4.39 Å². The van der Waals surface area contributed by atoms with Crippen LogP contribution in [-0.4, -0.2) is 35.1 Å². The molecule has 6 rings (SSSR count). The predicted octanol–water partition coefficient (Wildman–Crippen LogP) is 4.76. The Bertz CT molecular complexity index is 1550. The Balaban J connectivity index is 1.52. The van der Waals surface area contributed by atoms with E-state index in [0.29, 0.717) is 22.6 Å². The second-order valence-electron chi connectivity index (χ2n) is 7.08. The highest BCUT2D eigenvalue weighted by Gasteiger charge is 2.16. The Labute approximate surface area is 175 Å². The number of hydrogen-bond donors (Lipinski definition) is 2. The van der Waals surface area contributed by atoms with E-state index in [1.165, 1.54) is 12.1 Å². The molecule has 2 N–H and O–H groups in total. The number of imidazole rings is 1. The Morgan fingerprint density at radius 3 is 2.68 bits per heavy atom. The Kier molecular flexibility index (Phi) is 3.82. The smallest absolute Gasteiger partial charge is 0.159 e. The molecule has 148 valence electrons. The second-order valence-corrected chi connectivity index (χ2v) is 7.08. The van der Waals surface area contributed by atoms with E-state index < -0.39 is 0 Å². The van der Waals surface area contributed by atoms with Gasteiger partial charge in [-0.05, 0) is 35.9 Å². The van der Waals surface area contributed by atoms with Crippen LogP contribution in [0.15, 0.2) is 73.3 Å². The Morgan fingerprint density at radius 1 is 0.839 bits per heavy atom. The van der Waals surface area contributed by atoms with Gasteiger partial charge in [0.2, 0.25) is 0 Å². The van der Waals surface area contributed by atoms with Gasteiger partial charge in [-0.15, -0.1) is 0 Å². The molecule has 8 heteroatoms. The van der Waals surface area contributed by atoms with Crippen LogP contribution in [0.25, 0.3) is 56.0 Å². The monoisotopic (exact) mass is 407 g/mol. The molecule has 0 saturated carbocycles. The van der Waals surface area contributed by atoms with Gasteiger partial charge in [-0.1, -0.05) is 18.2 Å². The third kappa shape index (κ3) is 2.93. The molecule has 5 aromatic heterocycles. The summed E-state index contributed by atoms with van der Waals surface area (Å²) < 4.78 is 13.8. The highest BCUT2D eigenvalue weighted by molar-refractivity contribution is 5.97. The quantitative estimate of drug-likeness (QED) is 0.441. The number of benzene rings is 1. The number of aromatic amines is 2. The molecule has 0 spiro atoms. The number of hydrogen-bond acceptors (Lipinski definition) is 5. The van der Waals surface area contributed by atoms with E-state index in [0.717, 1.165) is 33.4 Å². The molecule has 0 aliphatic heterocycles. The molecule has 5 heterocycles. The number of nitrogens with zero attached hydrogens (tertiary/aromatic N) is 5. The summed E-state index contributed by atoms with van der Waals surface area (Å²) in [4.78, 5) is 21.2. The van der Waals surface area contributed by atoms with Gasteiger partial charge in [-0.25, -0.2) is 9.37 Å². The molecule has 31 heavy (non-hydrogen) atoms. The van der Waals surface area contributed by atoms with E-state index in [1.54, 1.807) is 30.9 Å². The molecule has 6 aromatic rings. The van der Waals surface area contributed by atoms with E-state index in [4.69, 9.17) is 4.98 Å². The molecule has 0 bridgehead atoms. The zero-order valence-electron chi connectivity index (χ0n) is 16.0. The molecule has 1 aromatic carbocycles. The first-order chi connectivity index (χ1) is 15.3. The maximum atomic E-state index is 13.8. The van der Waals surface area contributed by atoms with Crippen molar-refractivity contribution in [2.45, 2.75) is 0 Å². The van der Waals surface area contributed by atoms with Gasteiger partial charge < -0.3 is 4.98 Å². The SMILES string of the molecule is Fc1cccc(-c2cncc3[nH]c(-c4n[nH]c5cnc(-c6ccccn6)cc45)nc23)c1. The minimum atomic E-state index is -0.307. The zero-order chi connectivity index (χ0) is 20.8. The molecule has 7 nitrogen and oxygen atoms in total. The van der Waals surface area contributed by atoms with Crippen LogP contribution in [0.3, 0.4) is 0 Å². The number of aromatic nitrogens is 7. The van der Waals surface area contributed by atoms with Crippen molar-refractivity contribution >= 4 is 21.9 Å². The third-order valence-corrected chi connectivity index (χ3v) is 5.13. The standard InChI is InChI=1S/C23H14FN7/c24-14-5-3-4-13(8-14)16-10-25-11-20-21(16)29-23(28-20)22-15-9-18(17-6-1-2-7-26-17)27-12-19(15)30-31-22/h1-12H,(H,28,29)(H,30,31). The van der Waals surface area contributed by atoms with Crippen molar-refractivity contribution in [1.29, 1.82) is 0 Å². The largest absolute Gasteiger partial charge is 0.335 e. The van der Waals surface area contributed by atoms with E-state index in [9.17, 15) is 4.39 Å². The minimum absolute atomic E-state index is 0.307. The van der Waals surface area contributed by atoms with Gasteiger partial charge in [0.05, 0.1) is 40.3 Å². The van der Waals surface area contributed by atoms with E-state index in [-0.39, 0.29) is 5.82 Å². The fraction of sp³-hybridized carbons (Fsp3) is 0. The van der Waals surface area contributed by atoms with Gasteiger partial charge in [0.15, 0.2) is 5.82 Å². The summed E-state index contributed by atoms with van der Waals surface area (Å²) in [5.41, 5.74) is 5.87. The molecule has 0 fully saturated rings. The molecule has 0 saturated heterocycles. The zero-order valence-corrected chi connectivity index (χ0v) is 16.0. The highest BCUT2D eigenvalue weighted by Crippen LogP contribution is 2.31. The van der Waals surface area contributed by atoms with Crippen molar-refractivity contribution in [3.63, 3.8) is 0 Å². The maximum Gasteiger partial charge on any atom is 0.159 e. The number of nitrogens with one attached hydrogen (secondary N) is 2. The van der Waals surface area contributed by atoms with Crippen LogP contribution in [-0.2, 0) is 0 Å². The van der Waals surface area contributed by atoms with Gasteiger partial charge >= 0.3 is 0 Å².